The van der Waals surface area contributed by atoms with Crippen LogP contribution >= 0.6 is 0 Å². The number of hydrogen-bond acceptors (Lipinski definition) is 4. The van der Waals surface area contributed by atoms with E-state index < -0.39 is 0 Å². The monoisotopic (exact) mass is 278 g/mol. The number of nitrogen functional groups attached to an aromatic ring is 1. The molecule has 1 amide bonds. The summed E-state index contributed by atoms with van der Waals surface area (Å²) in [7, 11) is 0. The zero-order valence-electron chi connectivity index (χ0n) is 12.7. The Bertz CT molecular complexity index is 418. The van der Waals surface area contributed by atoms with Crippen LogP contribution in [0.15, 0.2) is 18.3 Å². The normalized spacial score (nSPS) is 12.4. The average Bonchev–Trinajstić information content (AvgIpc) is 2.43. The highest BCUT2D eigenvalue weighted by molar-refractivity contribution is 5.94. The van der Waals surface area contributed by atoms with Crippen molar-refractivity contribution in [3.63, 3.8) is 0 Å². The summed E-state index contributed by atoms with van der Waals surface area (Å²) in [4.78, 5) is 18.3. The Hall–Kier alpha value is -1.62. The summed E-state index contributed by atoms with van der Waals surface area (Å²) in [5.74, 6) is 0.279. The topological polar surface area (TPSA) is 71.2 Å². The van der Waals surface area contributed by atoms with Crippen molar-refractivity contribution >= 4 is 11.7 Å². The quantitative estimate of drug-likeness (QED) is 0.762. The molecule has 0 spiro atoms. The van der Waals surface area contributed by atoms with Gasteiger partial charge in [-0.05, 0) is 51.5 Å². The van der Waals surface area contributed by atoms with E-state index in [4.69, 9.17) is 5.73 Å². The van der Waals surface area contributed by atoms with Crippen molar-refractivity contribution in [2.45, 2.75) is 39.7 Å². The largest absolute Gasteiger partial charge is 0.384 e. The van der Waals surface area contributed by atoms with E-state index in [9.17, 15) is 4.79 Å². The van der Waals surface area contributed by atoms with Gasteiger partial charge in [0.25, 0.3) is 5.91 Å². The van der Waals surface area contributed by atoms with Gasteiger partial charge < -0.3 is 16.0 Å². The molecular weight excluding hydrogens is 252 g/mol. The van der Waals surface area contributed by atoms with Crippen molar-refractivity contribution in [1.82, 2.24) is 15.2 Å². The first kappa shape index (κ1) is 16.4. The molecule has 1 aromatic rings. The van der Waals surface area contributed by atoms with Crippen LogP contribution in [0.5, 0.6) is 0 Å². The number of hydrogen-bond donors (Lipinski definition) is 2. The Morgan fingerprint density at radius 1 is 1.45 bits per heavy atom. The van der Waals surface area contributed by atoms with E-state index >= 15 is 0 Å². The Morgan fingerprint density at radius 2 is 2.15 bits per heavy atom. The summed E-state index contributed by atoms with van der Waals surface area (Å²) in [5.41, 5.74) is 6.14. The van der Waals surface area contributed by atoms with Crippen LogP contribution in [-0.4, -0.2) is 41.5 Å². The first-order valence-electron chi connectivity index (χ1n) is 7.31. The fourth-order valence-corrected chi connectivity index (χ4v) is 2.13. The molecule has 5 nitrogen and oxygen atoms in total. The van der Waals surface area contributed by atoms with Crippen LogP contribution in [0.4, 0.5) is 5.82 Å². The van der Waals surface area contributed by atoms with Crippen molar-refractivity contribution in [3.05, 3.63) is 23.9 Å². The number of carbonyl (C=O) groups excluding carboxylic acids is 1. The highest BCUT2D eigenvalue weighted by Gasteiger charge is 2.10. The second-order valence-corrected chi connectivity index (χ2v) is 5.01. The molecule has 0 saturated heterocycles. The van der Waals surface area contributed by atoms with Gasteiger partial charge in [-0.3, -0.25) is 4.79 Å². The number of rotatable bonds is 8. The van der Waals surface area contributed by atoms with Gasteiger partial charge in [0.2, 0.25) is 0 Å². The molecule has 0 aromatic carbocycles. The van der Waals surface area contributed by atoms with Crippen LogP contribution in [-0.2, 0) is 0 Å². The number of nitrogens with two attached hydrogens (primary N) is 1. The molecule has 20 heavy (non-hydrogen) atoms. The van der Waals surface area contributed by atoms with Crippen LogP contribution in [0.25, 0.3) is 0 Å². The molecule has 0 aliphatic heterocycles. The van der Waals surface area contributed by atoms with Gasteiger partial charge in [0.1, 0.15) is 5.82 Å². The lowest BCUT2D eigenvalue weighted by atomic mass is 10.1. The van der Waals surface area contributed by atoms with E-state index in [0.717, 1.165) is 32.5 Å². The molecular formula is C15H26N4O. The lowest BCUT2D eigenvalue weighted by Gasteiger charge is -2.19. The summed E-state index contributed by atoms with van der Waals surface area (Å²) in [6, 6.07) is 3.43. The molecule has 0 aliphatic carbocycles. The Kier molecular flexibility index (Phi) is 7.01. The molecule has 0 fully saturated rings. The van der Waals surface area contributed by atoms with E-state index in [1.54, 1.807) is 18.3 Å². The second kappa shape index (κ2) is 8.53. The van der Waals surface area contributed by atoms with Crippen molar-refractivity contribution in [2.75, 3.05) is 25.4 Å². The molecule has 1 unspecified atom stereocenters. The fourth-order valence-electron chi connectivity index (χ4n) is 2.13. The standard InChI is InChI=1S/C15H26N4O/c1-4-19(5-2)10-6-7-12(3)18-15(20)13-8-9-17-14(16)11-13/h8-9,11-12H,4-7,10H2,1-3H3,(H2,16,17)(H,18,20). The Labute approximate surface area is 121 Å². The second-order valence-electron chi connectivity index (χ2n) is 5.01. The van der Waals surface area contributed by atoms with Crippen LogP contribution in [0.3, 0.4) is 0 Å². The zero-order valence-corrected chi connectivity index (χ0v) is 12.7. The van der Waals surface area contributed by atoms with Crippen LogP contribution in [0.1, 0.15) is 44.0 Å². The van der Waals surface area contributed by atoms with Gasteiger partial charge in [-0.1, -0.05) is 13.8 Å². The summed E-state index contributed by atoms with van der Waals surface area (Å²) in [6.07, 6.45) is 3.61. The van der Waals surface area contributed by atoms with Crippen molar-refractivity contribution < 1.29 is 4.79 Å². The lowest BCUT2D eigenvalue weighted by molar-refractivity contribution is 0.0937. The number of nitrogens with one attached hydrogen (secondary N) is 1. The smallest absolute Gasteiger partial charge is 0.251 e. The number of nitrogens with zero attached hydrogens (tertiary/aromatic N) is 2. The minimum Gasteiger partial charge on any atom is -0.384 e. The van der Waals surface area contributed by atoms with Crippen LogP contribution in [0.2, 0.25) is 0 Å². The van der Waals surface area contributed by atoms with Gasteiger partial charge in [-0.2, -0.15) is 0 Å². The molecule has 1 heterocycles. The number of amides is 1. The van der Waals surface area contributed by atoms with Gasteiger partial charge in [0.15, 0.2) is 0 Å². The zero-order chi connectivity index (χ0) is 15.0. The van der Waals surface area contributed by atoms with Gasteiger partial charge >= 0.3 is 0 Å². The van der Waals surface area contributed by atoms with E-state index in [1.807, 2.05) is 6.92 Å². The van der Waals surface area contributed by atoms with Crippen LogP contribution in [0, 0.1) is 0 Å². The molecule has 0 bridgehead atoms. The third-order valence-electron chi connectivity index (χ3n) is 3.43. The van der Waals surface area contributed by atoms with Gasteiger partial charge in [0, 0.05) is 17.8 Å². The molecule has 1 aromatic heterocycles. The van der Waals surface area contributed by atoms with Crippen LogP contribution < -0.4 is 11.1 Å². The average molecular weight is 278 g/mol. The predicted octanol–water partition coefficient (Wildman–Crippen LogP) is 1.90. The third kappa shape index (κ3) is 5.57. The maximum Gasteiger partial charge on any atom is 0.251 e. The number of aromatic nitrogens is 1. The fraction of sp³-hybridized carbons (Fsp3) is 0.600. The van der Waals surface area contributed by atoms with Crippen molar-refractivity contribution in [1.29, 1.82) is 0 Å². The van der Waals surface area contributed by atoms with Crippen molar-refractivity contribution in [3.8, 4) is 0 Å². The maximum absolute atomic E-state index is 12.0. The van der Waals surface area contributed by atoms with Gasteiger partial charge in [-0.25, -0.2) is 4.98 Å². The summed E-state index contributed by atoms with van der Waals surface area (Å²) in [6.45, 7) is 9.60. The summed E-state index contributed by atoms with van der Waals surface area (Å²) in [5, 5.41) is 2.99. The SMILES string of the molecule is CCN(CC)CCCC(C)NC(=O)c1ccnc(N)c1. The predicted molar refractivity (Wildman–Crippen MR) is 82.6 cm³/mol. The van der Waals surface area contributed by atoms with E-state index in [-0.39, 0.29) is 11.9 Å². The van der Waals surface area contributed by atoms with Gasteiger partial charge in [-0.15, -0.1) is 0 Å². The van der Waals surface area contributed by atoms with E-state index in [2.05, 4.69) is 29.0 Å². The molecule has 0 saturated carbocycles. The first-order chi connectivity index (χ1) is 9.56. The Balaban J connectivity index is 2.35. The summed E-state index contributed by atoms with van der Waals surface area (Å²) >= 11 is 0. The number of carbonyl (C=O) groups is 1. The summed E-state index contributed by atoms with van der Waals surface area (Å²) < 4.78 is 0. The Morgan fingerprint density at radius 3 is 2.75 bits per heavy atom. The molecule has 0 aliphatic rings. The minimum atomic E-state index is -0.0885. The molecule has 5 heteroatoms. The number of pyridine rings is 1. The molecule has 112 valence electrons. The molecule has 1 atom stereocenters. The van der Waals surface area contributed by atoms with E-state index in [1.165, 1.54) is 0 Å². The van der Waals surface area contributed by atoms with E-state index in [0.29, 0.717) is 11.4 Å². The maximum atomic E-state index is 12.0. The van der Waals surface area contributed by atoms with Gasteiger partial charge in [0.05, 0.1) is 0 Å². The molecule has 3 N–H and O–H groups in total. The first-order valence-corrected chi connectivity index (χ1v) is 7.31. The third-order valence-corrected chi connectivity index (χ3v) is 3.43. The minimum absolute atomic E-state index is 0.0885. The lowest BCUT2D eigenvalue weighted by Crippen LogP contribution is -2.33. The molecule has 1 rings (SSSR count). The highest BCUT2D eigenvalue weighted by Crippen LogP contribution is 2.05. The number of anilines is 1. The van der Waals surface area contributed by atoms with Crippen molar-refractivity contribution in [2.24, 2.45) is 0 Å². The highest BCUT2D eigenvalue weighted by atomic mass is 16.1. The molecule has 0 radical (unpaired) electrons.